The van der Waals surface area contributed by atoms with Crippen molar-refractivity contribution in [1.29, 1.82) is 0 Å². The molecule has 1 heterocycles. The minimum atomic E-state index is -3.72. The lowest BCUT2D eigenvalue weighted by Gasteiger charge is -2.21. The Kier molecular flexibility index (Phi) is 6.55. The maximum absolute atomic E-state index is 12.2. The second-order valence-corrected chi connectivity index (χ2v) is 8.51. The zero-order valence-electron chi connectivity index (χ0n) is 15.5. The van der Waals surface area contributed by atoms with Gasteiger partial charge in [0.25, 0.3) is 5.91 Å². The van der Waals surface area contributed by atoms with Crippen LogP contribution in [0, 0.1) is 0 Å². The van der Waals surface area contributed by atoms with Crippen molar-refractivity contribution in [2.45, 2.75) is 44.2 Å². The molecular weight excluding hydrogens is 364 g/mol. The van der Waals surface area contributed by atoms with Crippen molar-refractivity contribution < 1.29 is 27.5 Å². The minimum absolute atomic E-state index is 0.0578. The fourth-order valence-electron chi connectivity index (χ4n) is 1.86. The van der Waals surface area contributed by atoms with Gasteiger partial charge in [0.1, 0.15) is 10.6 Å². The monoisotopic (exact) mass is 388 g/mol. The molecule has 1 rings (SSSR count). The molecule has 0 aromatic carbocycles. The van der Waals surface area contributed by atoms with Gasteiger partial charge in [-0.1, -0.05) is 0 Å². The third-order valence-electron chi connectivity index (χ3n) is 3.15. The summed E-state index contributed by atoms with van der Waals surface area (Å²) in [5.74, 6) is -1.71. The Morgan fingerprint density at radius 3 is 2.31 bits per heavy atom. The molecule has 0 saturated carbocycles. The number of nitrogens with zero attached hydrogens (tertiary/aromatic N) is 1. The highest BCUT2D eigenvalue weighted by Gasteiger charge is 2.25. The van der Waals surface area contributed by atoms with Crippen LogP contribution in [0.5, 0.6) is 0 Å². The van der Waals surface area contributed by atoms with Crippen molar-refractivity contribution in [1.82, 2.24) is 19.9 Å². The lowest BCUT2D eigenvalue weighted by Crippen LogP contribution is -2.50. The Bertz CT molecular complexity index is 807. The molecular formula is C15H24N4O6S. The number of imide groups is 1. The van der Waals surface area contributed by atoms with Crippen LogP contribution in [0.3, 0.4) is 0 Å². The zero-order valence-corrected chi connectivity index (χ0v) is 16.4. The van der Waals surface area contributed by atoms with E-state index < -0.39 is 39.6 Å². The molecule has 0 spiro atoms. The maximum atomic E-state index is 12.2. The summed E-state index contributed by atoms with van der Waals surface area (Å²) in [5, 5.41) is 4.60. The molecule has 3 N–H and O–H groups in total. The fourth-order valence-corrected chi connectivity index (χ4v) is 2.66. The molecule has 1 aromatic heterocycles. The van der Waals surface area contributed by atoms with E-state index >= 15 is 0 Å². The standard InChI is InChI=1S/C15H24N4O6S/c1-9(12(20)17-14(22)18-15(2,3)4)25-13(21)11-7-10(8-19(11)6)26(23,24)16-5/h7-9,16H,1-6H3,(H2,17,18,20,22). The molecule has 11 heteroatoms. The third-order valence-corrected chi connectivity index (χ3v) is 4.53. The van der Waals surface area contributed by atoms with Crippen LogP contribution in [0.25, 0.3) is 0 Å². The van der Waals surface area contributed by atoms with Gasteiger partial charge in [-0.3, -0.25) is 10.1 Å². The first-order valence-electron chi connectivity index (χ1n) is 7.70. The van der Waals surface area contributed by atoms with Gasteiger partial charge in [0, 0.05) is 18.8 Å². The number of nitrogens with one attached hydrogen (secondary N) is 3. The molecule has 0 aliphatic carbocycles. The molecule has 0 aliphatic rings. The molecule has 0 saturated heterocycles. The van der Waals surface area contributed by atoms with Crippen LogP contribution in [0.1, 0.15) is 38.2 Å². The second kappa shape index (κ2) is 7.87. The van der Waals surface area contributed by atoms with E-state index in [9.17, 15) is 22.8 Å². The van der Waals surface area contributed by atoms with E-state index in [0.717, 1.165) is 6.07 Å². The number of hydrogen-bond donors (Lipinski definition) is 3. The second-order valence-electron chi connectivity index (χ2n) is 6.62. The van der Waals surface area contributed by atoms with Crippen molar-refractivity contribution in [3.8, 4) is 0 Å². The van der Waals surface area contributed by atoms with Gasteiger partial charge < -0.3 is 14.6 Å². The van der Waals surface area contributed by atoms with Crippen LogP contribution < -0.4 is 15.4 Å². The Labute approximate surface area is 152 Å². The summed E-state index contributed by atoms with van der Waals surface area (Å²) in [4.78, 5) is 35.7. The summed E-state index contributed by atoms with van der Waals surface area (Å²) in [7, 11) is -1.01. The Hall–Kier alpha value is -2.40. The summed E-state index contributed by atoms with van der Waals surface area (Å²) in [5.41, 5.74) is -0.597. The van der Waals surface area contributed by atoms with Gasteiger partial charge in [-0.2, -0.15) is 0 Å². The number of amides is 3. The average Bonchev–Trinajstić information content (AvgIpc) is 2.87. The lowest BCUT2D eigenvalue weighted by atomic mass is 10.1. The van der Waals surface area contributed by atoms with Gasteiger partial charge in [-0.25, -0.2) is 22.7 Å². The number of sulfonamides is 1. The molecule has 26 heavy (non-hydrogen) atoms. The highest BCUT2D eigenvalue weighted by molar-refractivity contribution is 7.89. The molecule has 3 amide bonds. The molecule has 0 aliphatic heterocycles. The Morgan fingerprint density at radius 2 is 1.81 bits per heavy atom. The molecule has 10 nitrogen and oxygen atoms in total. The largest absolute Gasteiger partial charge is 0.448 e. The smallest absolute Gasteiger partial charge is 0.355 e. The van der Waals surface area contributed by atoms with Crippen LogP contribution in [-0.2, 0) is 26.6 Å². The van der Waals surface area contributed by atoms with E-state index in [1.54, 1.807) is 20.8 Å². The van der Waals surface area contributed by atoms with Gasteiger partial charge in [0.2, 0.25) is 10.0 Å². The number of urea groups is 1. The first-order valence-corrected chi connectivity index (χ1v) is 9.19. The number of aryl methyl sites for hydroxylation is 1. The highest BCUT2D eigenvalue weighted by Crippen LogP contribution is 2.14. The molecule has 1 unspecified atom stereocenters. The zero-order chi connectivity index (χ0) is 20.3. The predicted octanol–water partition coefficient (Wildman–Crippen LogP) is 0.103. The number of hydrogen-bond acceptors (Lipinski definition) is 6. The van der Waals surface area contributed by atoms with Gasteiger partial charge in [0.05, 0.1) is 0 Å². The summed E-state index contributed by atoms with van der Waals surface area (Å²) >= 11 is 0. The average molecular weight is 388 g/mol. The Morgan fingerprint density at radius 1 is 1.23 bits per heavy atom. The van der Waals surface area contributed by atoms with Gasteiger partial charge >= 0.3 is 12.0 Å². The van der Waals surface area contributed by atoms with Crippen LogP contribution in [0.4, 0.5) is 4.79 Å². The number of aromatic nitrogens is 1. The molecule has 1 atom stereocenters. The quantitative estimate of drug-likeness (QED) is 0.612. The van der Waals surface area contributed by atoms with E-state index in [1.165, 1.54) is 31.8 Å². The van der Waals surface area contributed by atoms with E-state index in [-0.39, 0.29) is 10.6 Å². The van der Waals surface area contributed by atoms with Gasteiger partial charge in [0.15, 0.2) is 6.10 Å². The summed E-state index contributed by atoms with van der Waals surface area (Å²) in [6.07, 6.45) is -0.0169. The van der Waals surface area contributed by atoms with Crippen LogP contribution >= 0.6 is 0 Å². The van der Waals surface area contributed by atoms with E-state index in [1.807, 2.05) is 0 Å². The van der Waals surface area contributed by atoms with Crippen molar-refractivity contribution in [3.63, 3.8) is 0 Å². The molecule has 1 aromatic rings. The predicted molar refractivity (Wildman–Crippen MR) is 93.0 cm³/mol. The fraction of sp³-hybridized carbons (Fsp3) is 0.533. The van der Waals surface area contributed by atoms with Gasteiger partial charge in [-0.05, 0) is 40.8 Å². The summed E-state index contributed by atoms with van der Waals surface area (Å²) in [6, 6.07) is 0.414. The summed E-state index contributed by atoms with van der Waals surface area (Å²) in [6.45, 7) is 6.53. The molecule has 0 radical (unpaired) electrons. The first-order chi connectivity index (χ1) is 11.8. The van der Waals surface area contributed by atoms with Crippen molar-refractivity contribution in [2.24, 2.45) is 7.05 Å². The van der Waals surface area contributed by atoms with Crippen LogP contribution in [-0.4, -0.2) is 49.6 Å². The summed E-state index contributed by atoms with van der Waals surface area (Å²) < 4.78 is 31.9. The topological polar surface area (TPSA) is 136 Å². The third kappa shape index (κ3) is 5.85. The first kappa shape index (κ1) is 21.6. The molecule has 146 valence electrons. The number of carbonyl (C=O) groups is 3. The molecule has 0 fully saturated rings. The number of ether oxygens (including phenoxy) is 1. The van der Waals surface area contributed by atoms with Gasteiger partial charge in [-0.15, -0.1) is 0 Å². The van der Waals surface area contributed by atoms with E-state index in [0.29, 0.717) is 0 Å². The van der Waals surface area contributed by atoms with E-state index in [2.05, 4.69) is 15.4 Å². The number of carbonyl (C=O) groups excluding carboxylic acids is 3. The normalized spacial score (nSPS) is 13.0. The number of esters is 1. The highest BCUT2D eigenvalue weighted by atomic mass is 32.2. The lowest BCUT2D eigenvalue weighted by molar-refractivity contribution is -0.128. The van der Waals surface area contributed by atoms with Crippen LogP contribution in [0.2, 0.25) is 0 Å². The van der Waals surface area contributed by atoms with E-state index in [4.69, 9.17) is 4.74 Å². The van der Waals surface area contributed by atoms with Crippen molar-refractivity contribution in [3.05, 3.63) is 18.0 Å². The van der Waals surface area contributed by atoms with Crippen molar-refractivity contribution in [2.75, 3.05) is 7.05 Å². The Balaban J connectivity index is 2.79. The number of rotatable bonds is 5. The maximum Gasteiger partial charge on any atom is 0.355 e. The SMILES string of the molecule is CNS(=O)(=O)c1cc(C(=O)OC(C)C(=O)NC(=O)NC(C)(C)C)n(C)c1. The van der Waals surface area contributed by atoms with Crippen LogP contribution in [0.15, 0.2) is 17.2 Å². The minimum Gasteiger partial charge on any atom is -0.448 e. The molecule has 0 bridgehead atoms. The van der Waals surface area contributed by atoms with Crippen molar-refractivity contribution >= 4 is 27.9 Å².